The molecule has 0 unspecified atom stereocenters. The summed E-state index contributed by atoms with van der Waals surface area (Å²) in [4.78, 5) is 5.37. The van der Waals surface area contributed by atoms with Crippen LogP contribution in [0.1, 0.15) is 27.7 Å². The summed E-state index contributed by atoms with van der Waals surface area (Å²) in [5.74, 6) is 0. The summed E-state index contributed by atoms with van der Waals surface area (Å²) < 4.78 is -1.35. The van der Waals surface area contributed by atoms with Crippen molar-refractivity contribution in [2.45, 2.75) is 43.6 Å². The van der Waals surface area contributed by atoms with Crippen LogP contribution in [0.3, 0.4) is 0 Å². The molecule has 13 heavy (non-hydrogen) atoms. The van der Waals surface area contributed by atoms with E-state index in [-0.39, 0.29) is 18.7 Å². The summed E-state index contributed by atoms with van der Waals surface area (Å²) in [6.07, 6.45) is 0. The number of alkyl halides is 3. The second kappa shape index (κ2) is 5.62. The van der Waals surface area contributed by atoms with Crippen LogP contribution in [-0.2, 0) is 4.84 Å². The van der Waals surface area contributed by atoms with Gasteiger partial charge in [0.1, 0.15) is 0 Å². The second-order valence-corrected chi connectivity index (χ2v) is 5.95. The molecule has 79 valence electrons. The van der Waals surface area contributed by atoms with Gasteiger partial charge in [0.2, 0.25) is 3.79 Å². The zero-order valence-electron chi connectivity index (χ0n) is 8.35. The molecule has 0 aliphatic heterocycles. The fourth-order valence-corrected chi connectivity index (χ4v) is 1.19. The molecule has 0 aromatic carbocycles. The summed E-state index contributed by atoms with van der Waals surface area (Å²) in [6.45, 7) is 8.18. The van der Waals surface area contributed by atoms with E-state index in [0.29, 0.717) is 0 Å². The molecule has 0 heterocycles. The zero-order valence-corrected chi connectivity index (χ0v) is 10.6. The van der Waals surface area contributed by atoms with E-state index in [1.54, 1.807) is 0 Å². The summed E-state index contributed by atoms with van der Waals surface area (Å²) in [7, 11) is 0. The smallest absolute Gasteiger partial charge is 0.144 e. The molecule has 0 aliphatic carbocycles. The topological polar surface area (TPSA) is 15.1 Å². The molecule has 0 fully saturated rings. The Kier molecular flexibility index (Phi) is 5.96. The molecule has 0 rings (SSSR count). The van der Waals surface area contributed by atoms with Crippen molar-refractivity contribution in [1.82, 2.24) is 5.06 Å². The van der Waals surface area contributed by atoms with E-state index in [1.807, 2.05) is 32.8 Å². The third kappa shape index (κ3) is 6.81. The number of halogens is 3. The largest absolute Gasteiger partial charge is 0.219 e. The Morgan fingerprint density at radius 2 is 1.46 bits per heavy atom. The fraction of sp³-hybridized carbons (Fsp3) is 1.00. The Balaban J connectivity index is 3.98. The van der Waals surface area contributed by atoms with Gasteiger partial charge in [-0.3, -0.25) is 0 Å². The van der Waals surface area contributed by atoms with Crippen molar-refractivity contribution in [3.05, 3.63) is 0 Å². The predicted octanol–water partition coefficient (Wildman–Crippen LogP) is 3.25. The lowest BCUT2D eigenvalue weighted by Gasteiger charge is -2.18. The summed E-state index contributed by atoms with van der Waals surface area (Å²) in [5, 5.41) is 1.81. The molecular formula is C8H16Cl3NO+. The highest BCUT2D eigenvalue weighted by Gasteiger charge is 2.31. The molecular weight excluding hydrogens is 232 g/mol. The minimum absolute atomic E-state index is 0.0774. The SMILES string of the molecule is CC(C)[N+](OCC(Cl)(Cl)Cl)C(C)C. The Hall–Kier alpha value is 0.790. The van der Waals surface area contributed by atoms with Gasteiger partial charge in [0, 0.05) is 0 Å². The van der Waals surface area contributed by atoms with Crippen molar-refractivity contribution in [2.75, 3.05) is 6.61 Å². The molecule has 0 N–H and O–H groups in total. The van der Waals surface area contributed by atoms with E-state index in [1.165, 1.54) is 0 Å². The molecule has 0 saturated heterocycles. The van der Waals surface area contributed by atoms with Crippen LogP contribution >= 0.6 is 34.8 Å². The first-order chi connectivity index (χ1) is 5.74. The van der Waals surface area contributed by atoms with E-state index in [0.717, 1.165) is 0 Å². The van der Waals surface area contributed by atoms with Gasteiger partial charge < -0.3 is 0 Å². The average molecular weight is 249 g/mol. The van der Waals surface area contributed by atoms with Crippen molar-refractivity contribution >= 4 is 34.8 Å². The molecule has 0 saturated carbocycles. The Labute approximate surface area is 95.0 Å². The van der Waals surface area contributed by atoms with Crippen molar-refractivity contribution in [3.63, 3.8) is 0 Å². The van der Waals surface area contributed by atoms with Crippen LogP contribution in [0.25, 0.3) is 0 Å². The maximum absolute atomic E-state index is 5.57. The van der Waals surface area contributed by atoms with Gasteiger partial charge in [-0.15, -0.1) is 4.84 Å². The maximum Gasteiger partial charge on any atom is 0.219 e. The molecule has 0 atom stereocenters. The molecule has 0 aliphatic rings. The lowest BCUT2D eigenvalue weighted by Crippen LogP contribution is -2.44. The first kappa shape index (κ1) is 13.8. The molecule has 0 amide bonds. The Morgan fingerprint density at radius 1 is 1.08 bits per heavy atom. The highest BCUT2D eigenvalue weighted by atomic mass is 35.6. The fourth-order valence-electron chi connectivity index (χ4n) is 1.04. The Bertz CT molecular complexity index is 137. The molecule has 5 heteroatoms. The van der Waals surface area contributed by atoms with Crippen molar-refractivity contribution < 1.29 is 4.84 Å². The van der Waals surface area contributed by atoms with Gasteiger partial charge in [0.25, 0.3) is 0 Å². The van der Waals surface area contributed by atoms with E-state index in [2.05, 4.69) is 0 Å². The Morgan fingerprint density at radius 3 is 1.69 bits per heavy atom. The van der Waals surface area contributed by atoms with Crippen LogP contribution in [0.5, 0.6) is 0 Å². The first-order valence-corrected chi connectivity index (χ1v) is 5.35. The summed E-state index contributed by atoms with van der Waals surface area (Å²) in [6, 6.07) is 0.541. The number of hydrogen-bond donors (Lipinski definition) is 0. The van der Waals surface area contributed by atoms with Crippen LogP contribution < -0.4 is 5.06 Å². The van der Waals surface area contributed by atoms with Gasteiger partial charge in [-0.1, -0.05) is 34.8 Å². The van der Waals surface area contributed by atoms with E-state index in [9.17, 15) is 0 Å². The van der Waals surface area contributed by atoms with Gasteiger partial charge in [-0.25, -0.2) is 0 Å². The van der Waals surface area contributed by atoms with E-state index in [4.69, 9.17) is 39.6 Å². The molecule has 1 radical (unpaired) electrons. The normalized spacial score (nSPS) is 13.4. The summed E-state index contributed by atoms with van der Waals surface area (Å²) in [5.41, 5.74) is 0. The van der Waals surface area contributed by atoms with E-state index < -0.39 is 3.79 Å². The van der Waals surface area contributed by atoms with E-state index >= 15 is 0 Å². The average Bonchev–Trinajstić information content (AvgIpc) is 1.82. The summed E-state index contributed by atoms with van der Waals surface area (Å²) >= 11 is 16.7. The number of hydroxylamine groups is 2. The number of rotatable bonds is 4. The monoisotopic (exact) mass is 247 g/mol. The van der Waals surface area contributed by atoms with Crippen molar-refractivity contribution in [2.24, 2.45) is 0 Å². The standard InChI is InChI=1S/C8H16Cl3NO/c1-6(2)12(7(3)4)13-5-8(9,10)11/h6-7H,5H2,1-4H3/q+1. The van der Waals surface area contributed by atoms with Crippen molar-refractivity contribution in [1.29, 1.82) is 0 Å². The third-order valence-corrected chi connectivity index (χ3v) is 1.72. The minimum atomic E-state index is -1.35. The van der Waals surface area contributed by atoms with Gasteiger partial charge in [0.15, 0.2) is 18.7 Å². The highest BCUT2D eigenvalue weighted by Crippen LogP contribution is 2.26. The van der Waals surface area contributed by atoms with Crippen LogP contribution in [0, 0.1) is 0 Å². The lowest BCUT2D eigenvalue weighted by atomic mass is 10.3. The third-order valence-electron chi connectivity index (χ3n) is 1.40. The van der Waals surface area contributed by atoms with Gasteiger partial charge >= 0.3 is 0 Å². The minimum Gasteiger partial charge on any atom is -0.144 e. The number of nitrogens with zero attached hydrogens (tertiary/aromatic N) is 1. The molecule has 2 nitrogen and oxygen atoms in total. The first-order valence-electron chi connectivity index (χ1n) is 4.22. The lowest BCUT2D eigenvalue weighted by molar-refractivity contribution is -0.108. The molecule has 0 spiro atoms. The molecule has 0 bridgehead atoms. The van der Waals surface area contributed by atoms with Gasteiger partial charge in [0.05, 0.1) is 0 Å². The number of hydrogen-bond acceptors (Lipinski definition) is 2. The zero-order chi connectivity index (χ0) is 10.6. The van der Waals surface area contributed by atoms with Crippen molar-refractivity contribution in [3.8, 4) is 0 Å². The van der Waals surface area contributed by atoms with Crippen LogP contribution in [0.2, 0.25) is 0 Å². The predicted molar refractivity (Wildman–Crippen MR) is 58.6 cm³/mol. The van der Waals surface area contributed by atoms with Crippen LogP contribution in [0.4, 0.5) is 0 Å². The van der Waals surface area contributed by atoms with Crippen LogP contribution in [-0.4, -0.2) is 22.5 Å². The molecule has 0 aromatic rings. The molecule has 0 aromatic heterocycles. The maximum atomic E-state index is 5.57. The van der Waals surface area contributed by atoms with Crippen LogP contribution in [0.15, 0.2) is 0 Å². The highest BCUT2D eigenvalue weighted by molar-refractivity contribution is 6.67. The van der Waals surface area contributed by atoms with Gasteiger partial charge in [-0.05, 0) is 32.8 Å². The van der Waals surface area contributed by atoms with Gasteiger partial charge in [-0.2, -0.15) is 0 Å². The quantitative estimate of drug-likeness (QED) is 0.423. The second-order valence-electron chi connectivity index (χ2n) is 3.44.